The van der Waals surface area contributed by atoms with Gasteiger partial charge in [0.25, 0.3) is 0 Å². The average Bonchev–Trinajstić information content (AvgIpc) is 1.88. The predicted octanol–water partition coefficient (Wildman–Crippen LogP) is -1.69. The first-order valence-corrected chi connectivity index (χ1v) is 2.37. The first-order valence-electron chi connectivity index (χ1n) is 2.37. The summed E-state index contributed by atoms with van der Waals surface area (Å²) in [5.41, 5.74) is 6.59. The molecule has 0 spiro atoms. The molecule has 0 rings (SSSR count). The highest BCUT2D eigenvalue weighted by atomic mass is 16.5. The molecule has 0 aromatic heterocycles. The van der Waals surface area contributed by atoms with Crippen LogP contribution in [0.3, 0.4) is 0 Å². The molecule has 0 amide bonds. The molecular formula is C4H9N3O3. The second kappa shape index (κ2) is 3.57. The third kappa shape index (κ3) is 1.82. The standard InChI is InChI=1S/C4H9N3O3/c1-10-3(5)2(7-6)4(8)9/h7H,5-6H2,1H3,(H,8,9)/b3-2+. The van der Waals surface area contributed by atoms with Crippen molar-refractivity contribution in [3.63, 3.8) is 0 Å². The van der Waals surface area contributed by atoms with Gasteiger partial charge < -0.3 is 21.0 Å². The lowest BCUT2D eigenvalue weighted by Gasteiger charge is -2.03. The first-order chi connectivity index (χ1) is 4.63. The maximum atomic E-state index is 10.2. The third-order valence-corrected chi connectivity index (χ3v) is 0.825. The van der Waals surface area contributed by atoms with E-state index in [4.69, 9.17) is 16.7 Å². The van der Waals surface area contributed by atoms with Gasteiger partial charge in [0, 0.05) is 0 Å². The molecule has 0 aromatic rings. The van der Waals surface area contributed by atoms with E-state index in [1.165, 1.54) is 7.11 Å². The van der Waals surface area contributed by atoms with Gasteiger partial charge in [-0.1, -0.05) is 0 Å². The summed E-state index contributed by atoms with van der Waals surface area (Å²) in [6.45, 7) is 0. The van der Waals surface area contributed by atoms with E-state index in [1.807, 2.05) is 5.43 Å². The topological polar surface area (TPSA) is 111 Å². The third-order valence-electron chi connectivity index (χ3n) is 0.825. The smallest absolute Gasteiger partial charge is 0.358 e. The number of methoxy groups -OCH3 is 1. The molecule has 6 nitrogen and oxygen atoms in total. The first kappa shape index (κ1) is 8.57. The molecule has 0 aliphatic carbocycles. The number of nitrogens with two attached hydrogens (primary N) is 2. The molecule has 0 aliphatic heterocycles. The lowest BCUT2D eigenvalue weighted by atomic mass is 10.5. The molecule has 0 radical (unpaired) electrons. The summed E-state index contributed by atoms with van der Waals surface area (Å²) in [6, 6.07) is 0. The zero-order chi connectivity index (χ0) is 8.15. The van der Waals surface area contributed by atoms with Crippen LogP contribution >= 0.6 is 0 Å². The average molecular weight is 147 g/mol. The largest absolute Gasteiger partial charge is 0.481 e. The summed E-state index contributed by atoms with van der Waals surface area (Å²) in [5.74, 6) is 3.28. The highest BCUT2D eigenvalue weighted by Gasteiger charge is 2.10. The molecule has 0 bridgehead atoms. The fraction of sp³-hybridized carbons (Fsp3) is 0.250. The van der Waals surface area contributed by atoms with Crippen molar-refractivity contribution in [2.75, 3.05) is 7.11 Å². The summed E-state index contributed by atoms with van der Waals surface area (Å²) in [4.78, 5) is 10.2. The Hall–Kier alpha value is -1.43. The molecule has 0 saturated carbocycles. The lowest BCUT2D eigenvalue weighted by Crippen LogP contribution is -2.30. The Bertz CT molecular complexity index is 165. The van der Waals surface area contributed by atoms with E-state index in [1.54, 1.807) is 0 Å². The number of hydrogen-bond donors (Lipinski definition) is 4. The second-order valence-corrected chi connectivity index (χ2v) is 1.39. The monoisotopic (exact) mass is 147 g/mol. The van der Waals surface area contributed by atoms with Crippen LogP contribution in [0.1, 0.15) is 0 Å². The van der Waals surface area contributed by atoms with Gasteiger partial charge in [-0.05, 0) is 0 Å². The molecule has 0 fully saturated rings. The Morgan fingerprint density at radius 1 is 1.70 bits per heavy atom. The molecule has 6 N–H and O–H groups in total. The number of hydrogen-bond acceptors (Lipinski definition) is 5. The predicted molar refractivity (Wildman–Crippen MR) is 33.2 cm³/mol. The molecule has 10 heavy (non-hydrogen) atoms. The van der Waals surface area contributed by atoms with E-state index in [0.717, 1.165) is 0 Å². The second-order valence-electron chi connectivity index (χ2n) is 1.39. The van der Waals surface area contributed by atoms with Crippen molar-refractivity contribution >= 4 is 5.97 Å². The van der Waals surface area contributed by atoms with E-state index >= 15 is 0 Å². The Kier molecular flexibility index (Phi) is 3.06. The van der Waals surface area contributed by atoms with E-state index < -0.39 is 5.97 Å². The molecule has 0 aromatic carbocycles. The molecule has 0 saturated heterocycles. The molecule has 0 aliphatic rings. The minimum Gasteiger partial charge on any atom is -0.481 e. The fourth-order valence-corrected chi connectivity index (χ4v) is 0.340. The lowest BCUT2D eigenvalue weighted by molar-refractivity contribution is -0.133. The van der Waals surface area contributed by atoms with Crippen LogP contribution < -0.4 is 17.0 Å². The van der Waals surface area contributed by atoms with E-state index in [-0.39, 0.29) is 11.6 Å². The summed E-state index contributed by atoms with van der Waals surface area (Å²) in [7, 11) is 1.25. The zero-order valence-corrected chi connectivity index (χ0v) is 5.42. The quantitative estimate of drug-likeness (QED) is 0.164. The van der Waals surface area contributed by atoms with Crippen LogP contribution in [0.4, 0.5) is 0 Å². The number of ether oxygens (including phenoxy) is 1. The normalized spacial score (nSPS) is 11.8. The van der Waals surface area contributed by atoms with Gasteiger partial charge in [0.15, 0.2) is 5.70 Å². The van der Waals surface area contributed by atoms with Crippen LogP contribution in [0.25, 0.3) is 0 Å². The minimum atomic E-state index is -1.26. The van der Waals surface area contributed by atoms with Crippen molar-refractivity contribution in [1.29, 1.82) is 0 Å². The minimum absolute atomic E-state index is 0.255. The summed E-state index contributed by atoms with van der Waals surface area (Å²) in [5, 5.41) is 8.31. The van der Waals surface area contributed by atoms with Crippen LogP contribution in [-0.2, 0) is 9.53 Å². The number of carbonyl (C=O) groups is 1. The maximum absolute atomic E-state index is 10.2. The Morgan fingerprint density at radius 2 is 2.20 bits per heavy atom. The maximum Gasteiger partial charge on any atom is 0.358 e. The van der Waals surface area contributed by atoms with Gasteiger partial charge in [0.2, 0.25) is 5.88 Å². The summed E-state index contributed by atoms with van der Waals surface area (Å²) in [6.07, 6.45) is 0. The highest BCUT2D eigenvalue weighted by Crippen LogP contribution is 1.92. The van der Waals surface area contributed by atoms with E-state index in [0.29, 0.717) is 0 Å². The summed E-state index contributed by atoms with van der Waals surface area (Å²) < 4.78 is 4.40. The highest BCUT2D eigenvalue weighted by molar-refractivity contribution is 5.86. The van der Waals surface area contributed by atoms with Crippen molar-refractivity contribution in [2.24, 2.45) is 11.6 Å². The number of aliphatic carboxylic acids is 1. The van der Waals surface area contributed by atoms with Crippen molar-refractivity contribution in [1.82, 2.24) is 5.43 Å². The molecule has 0 heterocycles. The molecule has 58 valence electrons. The fourth-order valence-electron chi connectivity index (χ4n) is 0.340. The molecular weight excluding hydrogens is 138 g/mol. The zero-order valence-electron chi connectivity index (χ0n) is 5.42. The van der Waals surface area contributed by atoms with Crippen LogP contribution in [0, 0.1) is 0 Å². The Labute approximate surface area is 57.4 Å². The van der Waals surface area contributed by atoms with Crippen molar-refractivity contribution in [3.05, 3.63) is 11.6 Å². The Morgan fingerprint density at radius 3 is 2.30 bits per heavy atom. The number of hydrazine groups is 1. The van der Waals surface area contributed by atoms with Gasteiger partial charge in [0.1, 0.15) is 0 Å². The number of carboxylic acid groups (broad SMARTS) is 1. The van der Waals surface area contributed by atoms with Gasteiger partial charge in [0.05, 0.1) is 7.11 Å². The number of nitrogens with one attached hydrogen (secondary N) is 1. The van der Waals surface area contributed by atoms with Crippen LogP contribution in [0.15, 0.2) is 11.6 Å². The number of rotatable bonds is 3. The van der Waals surface area contributed by atoms with Crippen molar-refractivity contribution in [3.8, 4) is 0 Å². The van der Waals surface area contributed by atoms with Crippen LogP contribution in [0.2, 0.25) is 0 Å². The summed E-state index contributed by atoms with van der Waals surface area (Å²) >= 11 is 0. The number of carboxylic acids is 1. The Balaban J connectivity index is 4.45. The molecule has 0 unspecified atom stereocenters. The van der Waals surface area contributed by atoms with Gasteiger partial charge in [-0.25, -0.2) is 4.79 Å². The SMILES string of the molecule is CO/C(N)=C(/NN)C(=O)O. The van der Waals surface area contributed by atoms with E-state index in [2.05, 4.69) is 4.74 Å². The van der Waals surface area contributed by atoms with Crippen LogP contribution in [-0.4, -0.2) is 18.2 Å². The van der Waals surface area contributed by atoms with Gasteiger partial charge in [-0.15, -0.1) is 0 Å². The van der Waals surface area contributed by atoms with Crippen molar-refractivity contribution < 1.29 is 14.6 Å². The van der Waals surface area contributed by atoms with Gasteiger partial charge in [-0.2, -0.15) is 0 Å². The van der Waals surface area contributed by atoms with Gasteiger partial charge >= 0.3 is 5.97 Å². The van der Waals surface area contributed by atoms with Crippen molar-refractivity contribution in [2.45, 2.75) is 0 Å². The van der Waals surface area contributed by atoms with Gasteiger partial charge in [-0.3, -0.25) is 5.84 Å². The van der Waals surface area contributed by atoms with E-state index in [9.17, 15) is 4.79 Å². The molecule has 6 heteroatoms. The molecule has 0 atom stereocenters. The van der Waals surface area contributed by atoms with Crippen LogP contribution in [0.5, 0.6) is 0 Å².